The summed E-state index contributed by atoms with van der Waals surface area (Å²) < 4.78 is 0. The largest absolute Gasteiger partial charge is 0.0591 e. The van der Waals surface area contributed by atoms with Crippen LogP contribution in [0.1, 0.15) is 58.3 Å². The van der Waals surface area contributed by atoms with Crippen molar-refractivity contribution in [3.05, 3.63) is 5.92 Å². The quantitative estimate of drug-likeness (QED) is 0.536. The number of hydrogen-bond acceptors (Lipinski definition) is 0. The van der Waals surface area contributed by atoms with E-state index >= 15 is 0 Å². The van der Waals surface area contributed by atoms with Gasteiger partial charge in [0.15, 0.2) is 0 Å². The molecule has 0 heterocycles. The molecule has 0 aliphatic heterocycles. The van der Waals surface area contributed by atoms with Crippen molar-refractivity contribution in [2.24, 2.45) is 5.41 Å². The molecule has 0 heteroatoms. The molecule has 0 atom stereocenters. The summed E-state index contributed by atoms with van der Waals surface area (Å²) in [7, 11) is 0. The fourth-order valence-corrected chi connectivity index (χ4v) is 2.91. The second kappa shape index (κ2) is 2.80. The monoisotopic (exact) mass is 151 g/mol. The third-order valence-electron chi connectivity index (χ3n) is 3.77. The highest BCUT2D eigenvalue weighted by Crippen LogP contribution is 2.51. The number of hydrogen-bond donors (Lipinski definition) is 0. The first-order valence-corrected chi connectivity index (χ1v) is 5.16. The van der Waals surface area contributed by atoms with Crippen LogP contribution in [-0.2, 0) is 0 Å². The summed E-state index contributed by atoms with van der Waals surface area (Å²) in [6, 6.07) is 0. The summed E-state index contributed by atoms with van der Waals surface area (Å²) in [5.41, 5.74) is 0.691. The van der Waals surface area contributed by atoms with Crippen molar-refractivity contribution in [3.8, 4) is 0 Å². The Morgan fingerprint density at radius 2 is 1.45 bits per heavy atom. The minimum atomic E-state index is 0.691. The zero-order chi connectivity index (χ0) is 7.73. The molecule has 2 rings (SSSR count). The molecule has 0 N–H and O–H groups in total. The second-order valence-electron chi connectivity index (χ2n) is 4.58. The molecular formula is C11H19. The maximum Gasteiger partial charge on any atom is -0.0182 e. The molecular weight excluding hydrogens is 132 g/mol. The predicted molar refractivity (Wildman–Crippen MR) is 48.3 cm³/mol. The topological polar surface area (TPSA) is 0 Å². The summed E-state index contributed by atoms with van der Waals surface area (Å²) in [6.07, 6.45) is 11.8. The van der Waals surface area contributed by atoms with Gasteiger partial charge in [0.25, 0.3) is 0 Å². The van der Waals surface area contributed by atoms with Crippen molar-refractivity contribution in [1.29, 1.82) is 0 Å². The van der Waals surface area contributed by atoms with Gasteiger partial charge in [-0.1, -0.05) is 32.6 Å². The Labute approximate surface area is 70.4 Å². The molecule has 0 saturated heterocycles. The van der Waals surface area contributed by atoms with Crippen LogP contribution in [0, 0.1) is 11.3 Å². The fraction of sp³-hybridized carbons (Fsp3) is 0.909. The average Bonchev–Trinajstić information content (AvgIpc) is 2.55. The SMILES string of the molecule is CC1([C]2CCCC2)CCCC1. The van der Waals surface area contributed by atoms with Crippen LogP contribution in [0.2, 0.25) is 0 Å². The molecule has 0 unspecified atom stereocenters. The van der Waals surface area contributed by atoms with Crippen molar-refractivity contribution in [1.82, 2.24) is 0 Å². The molecule has 2 saturated carbocycles. The van der Waals surface area contributed by atoms with Gasteiger partial charge in [0.05, 0.1) is 0 Å². The lowest BCUT2D eigenvalue weighted by molar-refractivity contribution is 0.341. The van der Waals surface area contributed by atoms with E-state index in [1.807, 2.05) is 5.92 Å². The zero-order valence-corrected chi connectivity index (χ0v) is 7.66. The Hall–Kier alpha value is 0. The number of rotatable bonds is 1. The van der Waals surface area contributed by atoms with Gasteiger partial charge in [0.1, 0.15) is 0 Å². The van der Waals surface area contributed by atoms with Gasteiger partial charge in [-0.2, -0.15) is 0 Å². The van der Waals surface area contributed by atoms with Crippen molar-refractivity contribution < 1.29 is 0 Å². The summed E-state index contributed by atoms with van der Waals surface area (Å²) in [5, 5.41) is 0. The first-order chi connectivity index (χ1) is 5.31. The Kier molecular flexibility index (Phi) is 1.95. The lowest BCUT2D eigenvalue weighted by Crippen LogP contribution is -2.19. The molecule has 2 aliphatic carbocycles. The molecule has 63 valence electrons. The van der Waals surface area contributed by atoms with Gasteiger partial charge >= 0.3 is 0 Å². The summed E-state index contributed by atoms with van der Waals surface area (Å²) in [5.74, 6) is 1.91. The minimum absolute atomic E-state index is 0.691. The summed E-state index contributed by atoms with van der Waals surface area (Å²) >= 11 is 0. The Bertz CT molecular complexity index is 125. The van der Waals surface area contributed by atoms with Crippen molar-refractivity contribution in [2.45, 2.75) is 58.3 Å². The van der Waals surface area contributed by atoms with E-state index in [0.29, 0.717) is 5.41 Å². The van der Waals surface area contributed by atoms with E-state index in [4.69, 9.17) is 0 Å². The van der Waals surface area contributed by atoms with Gasteiger partial charge in [0, 0.05) is 0 Å². The van der Waals surface area contributed by atoms with Gasteiger partial charge in [0.2, 0.25) is 0 Å². The zero-order valence-electron chi connectivity index (χ0n) is 7.66. The van der Waals surface area contributed by atoms with Crippen molar-refractivity contribution in [3.63, 3.8) is 0 Å². The van der Waals surface area contributed by atoms with E-state index in [-0.39, 0.29) is 0 Å². The average molecular weight is 151 g/mol. The molecule has 0 aromatic heterocycles. The van der Waals surface area contributed by atoms with Crippen molar-refractivity contribution >= 4 is 0 Å². The molecule has 1 radical (unpaired) electrons. The normalized spacial score (nSPS) is 31.4. The lowest BCUT2D eigenvalue weighted by atomic mass is 9.75. The maximum atomic E-state index is 2.50. The van der Waals surface area contributed by atoms with Crippen LogP contribution in [0.4, 0.5) is 0 Å². The third-order valence-corrected chi connectivity index (χ3v) is 3.77. The first kappa shape index (κ1) is 7.64. The van der Waals surface area contributed by atoms with E-state index in [1.165, 1.54) is 51.4 Å². The van der Waals surface area contributed by atoms with Crippen LogP contribution in [0.25, 0.3) is 0 Å². The Morgan fingerprint density at radius 1 is 0.909 bits per heavy atom. The molecule has 11 heavy (non-hydrogen) atoms. The Balaban J connectivity index is 2.00. The smallest absolute Gasteiger partial charge is 0.0182 e. The summed E-state index contributed by atoms with van der Waals surface area (Å²) in [6.45, 7) is 2.50. The maximum absolute atomic E-state index is 2.50. The predicted octanol–water partition coefficient (Wildman–Crippen LogP) is 3.72. The molecule has 0 amide bonds. The lowest BCUT2D eigenvalue weighted by Gasteiger charge is -2.30. The highest BCUT2D eigenvalue weighted by Gasteiger charge is 2.38. The van der Waals surface area contributed by atoms with E-state index in [2.05, 4.69) is 6.92 Å². The van der Waals surface area contributed by atoms with Crippen LogP contribution in [-0.4, -0.2) is 0 Å². The van der Waals surface area contributed by atoms with E-state index < -0.39 is 0 Å². The van der Waals surface area contributed by atoms with Crippen LogP contribution in [0.3, 0.4) is 0 Å². The highest BCUT2D eigenvalue weighted by molar-refractivity contribution is 5.09. The molecule has 0 aromatic carbocycles. The molecule has 0 nitrogen and oxygen atoms in total. The standard InChI is InChI=1S/C11H19/c1-11(8-4-5-9-11)10-6-2-3-7-10/h2-9H2,1H3. The second-order valence-corrected chi connectivity index (χ2v) is 4.58. The van der Waals surface area contributed by atoms with E-state index in [9.17, 15) is 0 Å². The van der Waals surface area contributed by atoms with Crippen LogP contribution >= 0.6 is 0 Å². The van der Waals surface area contributed by atoms with Gasteiger partial charge < -0.3 is 0 Å². The van der Waals surface area contributed by atoms with Gasteiger partial charge in [-0.15, -0.1) is 0 Å². The van der Waals surface area contributed by atoms with Crippen molar-refractivity contribution in [2.75, 3.05) is 0 Å². The molecule has 2 fully saturated rings. The molecule has 0 bridgehead atoms. The third kappa shape index (κ3) is 1.32. The minimum Gasteiger partial charge on any atom is -0.0591 e. The van der Waals surface area contributed by atoms with Crippen LogP contribution in [0.5, 0.6) is 0 Å². The molecule has 0 spiro atoms. The molecule has 0 aromatic rings. The highest BCUT2D eigenvalue weighted by atomic mass is 14.4. The first-order valence-electron chi connectivity index (χ1n) is 5.16. The van der Waals surface area contributed by atoms with Gasteiger partial charge in [-0.05, 0) is 37.0 Å². The van der Waals surface area contributed by atoms with E-state index in [0.717, 1.165) is 0 Å². The molecule has 2 aliphatic rings. The van der Waals surface area contributed by atoms with Crippen LogP contribution in [0.15, 0.2) is 0 Å². The van der Waals surface area contributed by atoms with Gasteiger partial charge in [-0.25, -0.2) is 0 Å². The van der Waals surface area contributed by atoms with E-state index in [1.54, 1.807) is 0 Å². The van der Waals surface area contributed by atoms with Gasteiger partial charge in [-0.3, -0.25) is 0 Å². The Morgan fingerprint density at radius 3 is 2.00 bits per heavy atom. The van der Waals surface area contributed by atoms with Crippen LogP contribution < -0.4 is 0 Å². The fourth-order valence-electron chi connectivity index (χ4n) is 2.91. The summed E-state index contributed by atoms with van der Waals surface area (Å²) in [4.78, 5) is 0.